The number of ketones is 1. The minimum Gasteiger partial charge on any atom is -0.504 e. The first-order chi connectivity index (χ1) is 11.0. The quantitative estimate of drug-likeness (QED) is 0.686. The Hall–Kier alpha value is -1.62. The van der Waals surface area contributed by atoms with Crippen LogP contribution < -0.4 is 0 Å². The number of hydrogen-bond donors (Lipinski definition) is 3. The molecule has 0 saturated heterocycles. The Morgan fingerprint density at radius 2 is 1.88 bits per heavy atom. The van der Waals surface area contributed by atoms with Crippen molar-refractivity contribution in [3.8, 4) is 0 Å². The second kappa shape index (κ2) is 4.13. The maximum atomic E-state index is 12.8. The average Bonchev–Trinajstić information content (AvgIpc) is 3.23. The van der Waals surface area contributed by atoms with Crippen LogP contribution in [-0.2, 0) is 9.59 Å². The molecule has 0 heterocycles. The Morgan fingerprint density at radius 1 is 1.21 bits per heavy atom. The minimum absolute atomic E-state index is 0.143. The van der Waals surface area contributed by atoms with E-state index in [1.807, 2.05) is 13.8 Å². The van der Waals surface area contributed by atoms with Crippen molar-refractivity contribution in [3.63, 3.8) is 0 Å². The van der Waals surface area contributed by atoms with E-state index in [1.54, 1.807) is 13.0 Å². The van der Waals surface area contributed by atoms with Gasteiger partial charge in [0.15, 0.2) is 5.76 Å². The van der Waals surface area contributed by atoms with Gasteiger partial charge in [0, 0.05) is 16.6 Å². The van der Waals surface area contributed by atoms with Crippen LogP contribution in [0.3, 0.4) is 0 Å². The molecule has 0 radical (unpaired) electrons. The molecule has 2 fully saturated rings. The SMILES string of the molecule is CC1(C)C=C2C(=O)C(O)=C3[C@@](C)(C(=O)O)CC[C@H]4C[C@@]34[C@@]2(O)CC1. The molecular formula is C19H24O5. The first kappa shape index (κ1) is 15.9. The second-order valence-corrected chi connectivity index (χ2v) is 9.01. The second-order valence-electron chi connectivity index (χ2n) is 9.01. The van der Waals surface area contributed by atoms with E-state index in [0.29, 0.717) is 25.7 Å². The van der Waals surface area contributed by atoms with Crippen LogP contribution in [-0.4, -0.2) is 32.7 Å². The standard InChI is InChI=1S/C19H24O5/c1-16(2)6-7-19(24)11(9-16)12(20)13(21)14-17(3,15(22)23)5-4-10-8-18(10,14)19/h9-10,21,24H,4-8H2,1-3H3,(H,22,23)/t10-,17-,18-,19+/m0/s1. The largest absolute Gasteiger partial charge is 0.504 e. The zero-order valence-corrected chi connectivity index (χ0v) is 14.3. The van der Waals surface area contributed by atoms with Crippen molar-refractivity contribution in [2.24, 2.45) is 22.2 Å². The van der Waals surface area contributed by atoms with Crippen molar-refractivity contribution < 1.29 is 24.9 Å². The van der Waals surface area contributed by atoms with Gasteiger partial charge in [0.25, 0.3) is 0 Å². The molecule has 5 heteroatoms. The summed E-state index contributed by atoms with van der Waals surface area (Å²) in [6.45, 7) is 5.59. The molecule has 0 bridgehead atoms. The van der Waals surface area contributed by atoms with Crippen molar-refractivity contribution in [2.45, 2.75) is 58.5 Å². The van der Waals surface area contributed by atoms with Gasteiger partial charge in [-0.15, -0.1) is 0 Å². The highest BCUT2D eigenvalue weighted by Crippen LogP contribution is 2.77. The smallest absolute Gasteiger partial charge is 0.313 e. The number of aliphatic hydroxyl groups is 2. The fourth-order valence-electron chi connectivity index (χ4n) is 5.64. The number of carbonyl (C=O) groups is 2. The van der Waals surface area contributed by atoms with Crippen LogP contribution in [0.2, 0.25) is 0 Å². The van der Waals surface area contributed by atoms with E-state index in [9.17, 15) is 24.9 Å². The van der Waals surface area contributed by atoms with Crippen LogP contribution in [0, 0.1) is 22.2 Å². The van der Waals surface area contributed by atoms with Gasteiger partial charge in [-0.05, 0) is 50.4 Å². The molecule has 0 aromatic heterocycles. The Kier molecular flexibility index (Phi) is 2.73. The van der Waals surface area contributed by atoms with Crippen LogP contribution in [0.4, 0.5) is 0 Å². The average molecular weight is 332 g/mol. The zero-order chi connectivity index (χ0) is 17.7. The van der Waals surface area contributed by atoms with Crippen LogP contribution in [0.5, 0.6) is 0 Å². The molecule has 24 heavy (non-hydrogen) atoms. The number of rotatable bonds is 1. The maximum absolute atomic E-state index is 12.8. The van der Waals surface area contributed by atoms with Gasteiger partial charge in [-0.25, -0.2) is 0 Å². The molecule has 3 N–H and O–H groups in total. The van der Waals surface area contributed by atoms with Crippen LogP contribution in [0.1, 0.15) is 52.9 Å². The van der Waals surface area contributed by atoms with E-state index in [2.05, 4.69) is 0 Å². The topological polar surface area (TPSA) is 94.8 Å². The minimum atomic E-state index is -1.34. The number of hydrogen-bond acceptors (Lipinski definition) is 4. The Labute approximate surface area is 141 Å². The van der Waals surface area contributed by atoms with Crippen molar-refractivity contribution in [2.75, 3.05) is 0 Å². The van der Waals surface area contributed by atoms with Gasteiger partial charge in [-0.2, -0.15) is 0 Å². The third-order valence-electron chi connectivity index (χ3n) is 7.11. The molecule has 4 aliphatic rings. The maximum Gasteiger partial charge on any atom is 0.313 e. The first-order valence-electron chi connectivity index (χ1n) is 8.68. The van der Waals surface area contributed by atoms with Gasteiger partial charge in [0.1, 0.15) is 5.60 Å². The molecular weight excluding hydrogens is 308 g/mol. The molecule has 2 saturated carbocycles. The summed E-state index contributed by atoms with van der Waals surface area (Å²) < 4.78 is 0. The number of carbonyl (C=O) groups excluding carboxylic acids is 1. The lowest BCUT2D eigenvalue weighted by atomic mass is 9.52. The lowest BCUT2D eigenvalue weighted by Gasteiger charge is -2.52. The molecule has 0 amide bonds. The van der Waals surface area contributed by atoms with Crippen molar-refractivity contribution >= 4 is 11.8 Å². The summed E-state index contributed by atoms with van der Waals surface area (Å²) in [6.07, 6.45) is 4.70. The molecule has 1 spiro atoms. The summed E-state index contributed by atoms with van der Waals surface area (Å²) in [4.78, 5) is 24.8. The van der Waals surface area contributed by atoms with Crippen molar-refractivity contribution in [1.82, 2.24) is 0 Å². The van der Waals surface area contributed by atoms with Crippen molar-refractivity contribution in [3.05, 3.63) is 23.0 Å². The van der Waals surface area contributed by atoms with Gasteiger partial charge < -0.3 is 15.3 Å². The highest BCUT2D eigenvalue weighted by Gasteiger charge is 2.77. The van der Waals surface area contributed by atoms with E-state index >= 15 is 0 Å². The fourth-order valence-corrected chi connectivity index (χ4v) is 5.64. The summed E-state index contributed by atoms with van der Waals surface area (Å²) in [6, 6.07) is 0. The van der Waals surface area contributed by atoms with E-state index < -0.39 is 33.9 Å². The highest BCUT2D eigenvalue weighted by atomic mass is 16.4. The van der Waals surface area contributed by atoms with E-state index in [4.69, 9.17) is 0 Å². The van der Waals surface area contributed by atoms with Crippen LogP contribution in [0.25, 0.3) is 0 Å². The predicted octanol–water partition coefficient (Wildman–Crippen LogP) is 2.75. The van der Waals surface area contributed by atoms with Crippen molar-refractivity contribution in [1.29, 1.82) is 0 Å². The molecule has 0 unspecified atom stereocenters. The number of aliphatic carboxylic acids is 1. The van der Waals surface area contributed by atoms with Gasteiger partial charge in [0.2, 0.25) is 5.78 Å². The Morgan fingerprint density at radius 3 is 2.50 bits per heavy atom. The monoisotopic (exact) mass is 332 g/mol. The molecule has 130 valence electrons. The Bertz CT molecular complexity index is 745. The summed E-state index contributed by atoms with van der Waals surface area (Å²) >= 11 is 0. The zero-order valence-electron chi connectivity index (χ0n) is 14.3. The number of carboxylic acid groups (broad SMARTS) is 1. The van der Waals surface area contributed by atoms with Crippen LogP contribution >= 0.6 is 0 Å². The molecule has 4 atom stereocenters. The molecule has 0 aromatic rings. The first-order valence-corrected chi connectivity index (χ1v) is 8.68. The van der Waals surface area contributed by atoms with Gasteiger partial charge >= 0.3 is 5.97 Å². The van der Waals surface area contributed by atoms with E-state index in [1.165, 1.54) is 0 Å². The number of carboxylic acids is 1. The number of aliphatic hydroxyl groups excluding tert-OH is 1. The van der Waals surface area contributed by atoms with Gasteiger partial charge in [0.05, 0.1) is 5.41 Å². The summed E-state index contributed by atoms with van der Waals surface area (Å²) in [5.74, 6) is -1.92. The lowest BCUT2D eigenvalue weighted by molar-refractivity contribution is -0.149. The normalized spacial score (nSPS) is 45.8. The third kappa shape index (κ3) is 1.55. The highest BCUT2D eigenvalue weighted by molar-refractivity contribution is 6.11. The number of fused-ring (bicyclic) bond motifs is 1. The predicted molar refractivity (Wildman–Crippen MR) is 86.2 cm³/mol. The Balaban J connectivity index is 2.01. The molecule has 4 rings (SSSR count). The van der Waals surface area contributed by atoms with E-state index in [-0.39, 0.29) is 22.5 Å². The summed E-state index contributed by atoms with van der Waals surface area (Å²) in [7, 11) is 0. The molecule has 4 aliphatic carbocycles. The lowest BCUT2D eigenvalue weighted by Crippen LogP contribution is -2.57. The summed E-state index contributed by atoms with van der Waals surface area (Å²) in [5, 5.41) is 32.1. The third-order valence-corrected chi connectivity index (χ3v) is 7.11. The fraction of sp³-hybridized carbons (Fsp3) is 0.684. The molecule has 0 aromatic carbocycles. The van der Waals surface area contributed by atoms with Gasteiger partial charge in [-0.1, -0.05) is 19.9 Å². The van der Waals surface area contributed by atoms with Crippen LogP contribution in [0.15, 0.2) is 23.0 Å². The number of allylic oxidation sites excluding steroid dienone is 2. The molecule has 5 nitrogen and oxygen atoms in total. The van der Waals surface area contributed by atoms with Gasteiger partial charge in [-0.3, -0.25) is 9.59 Å². The molecule has 0 aliphatic heterocycles. The van der Waals surface area contributed by atoms with E-state index in [0.717, 1.165) is 6.42 Å². The number of Topliss-reactive ketones (excluding diaryl/α,β-unsaturated/α-hetero) is 1. The summed E-state index contributed by atoms with van der Waals surface area (Å²) in [5.41, 5.74) is -3.08.